The molecule has 2 N–H and O–H groups in total. The van der Waals surface area contributed by atoms with E-state index in [1.807, 2.05) is 33.9 Å². The van der Waals surface area contributed by atoms with E-state index >= 15 is 0 Å². The van der Waals surface area contributed by atoms with Gasteiger partial charge in [0.25, 0.3) is 0 Å². The molecular formula is C14H25N3O2. The van der Waals surface area contributed by atoms with Crippen molar-refractivity contribution in [3.8, 4) is 0 Å². The van der Waals surface area contributed by atoms with Crippen LogP contribution in [-0.2, 0) is 11.3 Å². The molecule has 0 saturated heterocycles. The number of carboxylic acids is 1. The first-order valence-corrected chi connectivity index (χ1v) is 6.90. The molecule has 1 unspecified atom stereocenters. The molecule has 1 heterocycles. The maximum Gasteiger partial charge on any atom is 0.323 e. The molecule has 5 heteroatoms. The molecule has 1 atom stereocenters. The van der Waals surface area contributed by atoms with E-state index in [0.29, 0.717) is 12.8 Å². The lowest BCUT2D eigenvalue weighted by Gasteiger charge is -2.31. The van der Waals surface area contributed by atoms with Gasteiger partial charge in [-0.1, -0.05) is 6.92 Å². The number of aryl methyl sites for hydroxylation is 2. The maximum atomic E-state index is 11.6. The van der Waals surface area contributed by atoms with Gasteiger partial charge < -0.3 is 9.67 Å². The van der Waals surface area contributed by atoms with Crippen molar-refractivity contribution in [1.82, 2.24) is 14.9 Å². The number of nitrogens with zero attached hydrogens (tertiary/aromatic N) is 2. The van der Waals surface area contributed by atoms with E-state index in [2.05, 4.69) is 14.9 Å². The van der Waals surface area contributed by atoms with Crippen molar-refractivity contribution in [2.75, 3.05) is 0 Å². The first kappa shape index (κ1) is 15.7. The van der Waals surface area contributed by atoms with Crippen LogP contribution in [-0.4, -0.2) is 32.2 Å². The number of aromatic nitrogens is 2. The van der Waals surface area contributed by atoms with E-state index < -0.39 is 11.5 Å². The zero-order valence-electron chi connectivity index (χ0n) is 12.3. The van der Waals surface area contributed by atoms with Crippen molar-refractivity contribution in [2.45, 2.75) is 65.1 Å². The van der Waals surface area contributed by atoms with Crippen LogP contribution in [0.15, 0.2) is 12.4 Å². The van der Waals surface area contributed by atoms with Crippen LogP contribution >= 0.6 is 0 Å². The first-order valence-electron chi connectivity index (χ1n) is 6.90. The third kappa shape index (κ3) is 4.06. The van der Waals surface area contributed by atoms with Gasteiger partial charge in [-0.2, -0.15) is 0 Å². The van der Waals surface area contributed by atoms with Gasteiger partial charge in [0.15, 0.2) is 0 Å². The van der Waals surface area contributed by atoms with Crippen molar-refractivity contribution in [3.05, 3.63) is 18.2 Å². The van der Waals surface area contributed by atoms with Crippen LogP contribution in [0.5, 0.6) is 0 Å². The molecule has 0 aliphatic rings. The Balaban J connectivity index is 2.63. The fourth-order valence-electron chi connectivity index (χ4n) is 2.41. The zero-order chi connectivity index (χ0) is 14.5. The van der Waals surface area contributed by atoms with Crippen molar-refractivity contribution >= 4 is 5.97 Å². The van der Waals surface area contributed by atoms with Gasteiger partial charge in [-0.15, -0.1) is 0 Å². The SMILES string of the molecule is CCC(CCCn1ccnc1C)(NC(C)C)C(=O)O. The number of hydrogen-bond acceptors (Lipinski definition) is 3. The molecule has 0 saturated carbocycles. The molecule has 1 aromatic heterocycles. The maximum absolute atomic E-state index is 11.6. The Kier molecular flexibility index (Phi) is 5.54. The highest BCUT2D eigenvalue weighted by molar-refractivity contribution is 5.78. The van der Waals surface area contributed by atoms with Gasteiger partial charge in [0, 0.05) is 25.0 Å². The fourth-order valence-corrected chi connectivity index (χ4v) is 2.41. The Morgan fingerprint density at radius 2 is 2.26 bits per heavy atom. The molecule has 0 bridgehead atoms. The fraction of sp³-hybridized carbons (Fsp3) is 0.714. The largest absolute Gasteiger partial charge is 0.480 e. The van der Waals surface area contributed by atoms with Gasteiger partial charge in [0.05, 0.1) is 0 Å². The van der Waals surface area contributed by atoms with E-state index in [4.69, 9.17) is 0 Å². The van der Waals surface area contributed by atoms with Crippen LogP contribution in [0, 0.1) is 6.92 Å². The Bertz CT molecular complexity index is 415. The molecule has 0 aromatic carbocycles. The minimum atomic E-state index is -0.817. The molecule has 5 nitrogen and oxygen atoms in total. The minimum Gasteiger partial charge on any atom is -0.480 e. The number of hydrogen-bond donors (Lipinski definition) is 2. The summed E-state index contributed by atoms with van der Waals surface area (Å²) in [5.74, 6) is 0.209. The smallest absolute Gasteiger partial charge is 0.323 e. The first-order chi connectivity index (χ1) is 8.91. The lowest BCUT2D eigenvalue weighted by Crippen LogP contribution is -2.54. The summed E-state index contributed by atoms with van der Waals surface area (Å²) in [6, 6.07) is 0.158. The number of nitrogens with one attached hydrogen (secondary N) is 1. The average Bonchev–Trinajstić information content (AvgIpc) is 2.73. The summed E-state index contributed by atoms with van der Waals surface area (Å²) in [5, 5.41) is 12.7. The normalized spacial score (nSPS) is 14.6. The van der Waals surface area contributed by atoms with Crippen LogP contribution in [0.1, 0.15) is 45.9 Å². The molecule has 1 aromatic rings. The van der Waals surface area contributed by atoms with Gasteiger partial charge >= 0.3 is 5.97 Å². The molecule has 0 amide bonds. The molecule has 0 aliphatic heterocycles. The summed E-state index contributed by atoms with van der Waals surface area (Å²) in [7, 11) is 0. The van der Waals surface area contributed by atoms with E-state index in [-0.39, 0.29) is 6.04 Å². The third-order valence-electron chi connectivity index (χ3n) is 3.50. The molecule has 0 spiro atoms. The summed E-state index contributed by atoms with van der Waals surface area (Å²) in [6.07, 6.45) is 5.72. The highest BCUT2D eigenvalue weighted by Gasteiger charge is 2.36. The second-order valence-electron chi connectivity index (χ2n) is 5.31. The second kappa shape index (κ2) is 6.70. The summed E-state index contributed by atoms with van der Waals surface area (Å²) in [6.45, 7) is 8.64. The Morgan fingerprint density at radius 1 is 1.58 bits per heavy atom. The molecule has 0 aliphatic carbocycles. The van der Waals surface area contributed by atoms with Gasteiger partial charge in [0.1, 0.15) is 11.4 Å². The predicted octanol–water partition coefficient (Wildman–Crippen LogP) is 2.20. The highest BCUT2D eigenvalue weighted by atomic mass is 16.4. The van der Waals surface area contributed by atoms with E-state index in [1.165, 1.54) is 0 Å². The quantitative estimate of drug-likeness (QED) is 0.757. The Morgan fingerprint density at radius 3 is 2.68 bits per heavy atom. The third-order valence-corrected chi connectivity index (χ3v) is 3.50. The Hall–Kier alpha value is -1.36. The lowest BCUT2D eigenvalue weighted by molar-refractivity contribution is -0.145. The van der Waals surface area contributed by atoms with Crippen LogP contribution < -0.4 is 5.32 Å². The minimum absolute atomic E-state index is 0.158. The molecular weight excluding hydrogens is 242 g/mol. The van der Waals surface area contributed by atoms with Crippen LogP contribution in [0.25, 0.3) is 0 Å². The van der Waals surface area contributed by atoms with Crippen LogP contribution in [0.3, 0.4) is 0 Å². The number of aliphatic carboxylic acids is 1. The lowest BCUT2D eigenvalue weighted by atomic mass is 9.89. The van der Waals surface area contributed by atoms with Gasteiger partial charge in [-0.25, -0.2) is 4.98 Å². The van der Waals surface area contributed by atoms with Crippen molar-refractivity contribution in [3.63, 3.8) is 0 Å². The number of carbonyl (C=O) groups is 1. The zero-order valence-corrected chi connectivity index (χ0v) is 12.3. The highest BCUT2D eigenvalue weighted by Crippen LogP contribution is 2.20. The summed E-state index contributed by atoms with van der Waals surface area (Å²) >= 11 is 0. The van der Waals surface area contributed by atoms with Crippen molar-refractivity contribution < 1.29 is 9.90 Å². The van der Waals surface area contributed by atoms with Gasteiger partial charge in [-0.3, -0.25) is 10.1 Å². The molecule has 1 rings (SSSR count). The average molecular weight is 267 g/mol. The standard InChI is InChI=1S/C14H25N3O2/c1-5-14(13(18)19,16-11(2)3)7-6-9-17-10-8-15-12(17)4/h8,10-11,16H,5-7,9H2,1-4H3,(H,18,19). The second-order valence-corrected chi connectivity index (χ2v) is 5.31. The summed E-state index contributed by atoms with van der Waals surface area (Å²) in [5.41, 5.74) is -0.817. The topological polar surface area (TPSA) is 67.2 Å². The van der Waals surface area contributed by atoms with E-state index in [1.54, 1.807) is 6.20 Å². The number of rotatable bonds is 8. The van der Waals surface area contributed by atoms with Crippen LogP contribution in [0.2, 0.25) is 0 Å². The molecule has 0 radical (unpaired) electrons. The summed E-state index contributed by atoms with van der Waals surface area (Å²) < 4.78 is 2.05. The molecule has 0 fully saturated rings. The molecule has 19 heavy (non-hydrogen) atoms. The molecule has 108 valence electrons. The van der Waals surface area contributed by atoms with E-state index in [0.717, 1.165) is 18.8 Å². The van der Waals surface area contributed by atoms with Crippen molar-refractivity contribution in [1.29, 1.82) is 0 Å². The Labute approximate surface area is 115 Å². The number of imidazole rings is 1. The van der Waals surface area contributed by atoms with E-state index in [9.17, 15) is 9.90 Å². The number of carboxylic acid groups (broad SMARTS) is 1. The monoisotopic (exact) mass is 267 g/mol. The predicted molar refractivity (Wildman–Crippen MR) is 75.1 cm³/mol. The van der Waals surface area contributed by atoms with Crippen LogP contribution in [0.4, 0.5) is 0 Å². The summed E-state index contributed by atoms with van der Waals surface area (Å²) in [4.78, 5) is 15.7. The van der Waals surface area contributed by atoms with Gasteiger partial charge in [-0.05, 0) is 40.0 Å². The van der Waals surface area contributed by atoms with Crippen molar-refractivity contribution in [2.24, 2.45) is 0 Å². The van der Waals surface area contributed by atoms with Gasteiger partial charge in [0.2, 0.25) is 0 Å².